The Hall–Kier alpha value is -4.86. The zero-order valence-corrected chi connectivity index (χ0v) is 27.0. The monoisotopic (exact) mass is 625 g/mol. The molecule has 1 aliphatic heterocycles. The maximum atomic E-state index is 13.5. The Kier molecular flexibility index (Phi) is 10.6. The summed E-state index contributed by atoms with van der Waals surface area (Å²) in [5, 5.41) is 11.4. The van der Waals surface area contributed by atoms with Gasteiger partial charge < -0.3 is 24.6 Å². The van der Waals surface area contributed by atoms with Gasteiger partial charge in [-0.25, -0.2) is 0 Å². The summed E-state index contributed by atoms with van der Waals surface area (Å²) in [4.78, 5) is 43.2. The number of amides is 3. The molecule has 0 spiro atoms. The van der Waals surface area contributed by atoms with Gasteiger partial charge in [0.15, 0.2) is 11.5 Å². The van der Waals surface area contributed by atoms with E-state index in [4.69, 9.17) is 9.47 Å². The largest absolute Gasteiger partial charge is 0.486 e. The number of para-hydroxylation sites is 1. The highest BCUT2D eigenvalue weighted by Gasteiger charge is 2.24. The van der Waals surface area contributed by atoms with Crippen LogP contribution in [0.25, 0.3) is 22.2 Å². The van der Waals surface area contributed by atoms with Gasteiger partial charge >= 0.3 is 0 Å². The van der Waals surface area contributed by atoms with Crippen molar-refractivity contribution in [3.8, 4) is 22.8 Å². The van der Waals surface area contributed by atoms with Gasteiger partial charge in [-0.1, -0.05) is 44.2 Å². The third-order valence-electron chi connectivity index (χ3n) is 7.97. The molecule has 4 aromatic rings. The van der Waals surface area contributed by atoms with Crippen LogP contribution >= 0.6 is 0 Å². The molecule has 5 rings (SSSR count). The molecule has 1 aromatic heterocycles. The summed E-state index contributed by atoms with van der Waals surface area (Å²) < 4.78 is 11.3. The van der Waals surface area contributed by atoms with Crippen molar-refractivity contribution in [3.05, 3.63) is 77.9 Å². The molecule has 2 N–H and O–H groups in total. The summed E-state index contributed by atoms with van der Waals surface area (Å²) in [6.07, 6.45) is 0.816. The second kappa shape index (κ2) is 14.9. The van der Waals surface area contributed by atoms with E-state index in [9.17, 15) is 14.4 Å². The summed E-state index contributed by atoms with van der Waals surface area (Å²) >= 11 is 0. The second-order valence-corrected chi connectivity index (χ2v) is 12.2. The van der Waals surface area contributed by atoms with E-state index in [1.54, 1.807) is 35.2 Å². The van der Waals surface area contributed by atoms with Crippen LogP contribution in [0.4, 0.5) is 0 Å². The minimum Gasteiger partial charge on any atom is -0.486 e. The summed E-state index contributed by atoms with van der Waals surface area (Å²) in [6.45, 7) is 10.8. The molecule has 0 atom stereocenters. The first-order valence-corrected chi connectivity index (χ1v) is 16.0. The number of aromatic nitrogens is 2. The van der Waals surface area contributed by atoms with Crippen LogP contribution in [-0.2, 0) is 4.79 Å². The van der Waals surface area contributed by atoms with Crippen LogP contribution in [0.2, 0.25) is 0 Å². The van der Waals surface area contributed by atoms with Crippen LogP contribution in [0.5, 0.6) is 11.5 Å². The number of benzene rings is 3. The molecule has 10 nitrogen and oxygen atoms in total. The number of H-pyrrole nitrogens is 1. The summed E-state index contributed by atoms with van der Waals surface area (Å²) in [7, 11) is 0. The number of rotatable bonds is 13. The van der Waals surface area contributed by atoms with Crippen LogP contribution < -0.4 is 14.8 Å². The predicted octanol–water partition coefficient (Wildman–Crippen LogP) is 5.55. The van der Waals surface area contributed by atoms with E-state index in [2.05, 4.69) is 29.4 Å². The van der Waals surface area contributed by atoms with Gasteiger partial charge in [0.25, 0.3) is 11.8 Å². The maximum Gasteiger partial charge on any atom is 0.254 e. The first-order valence-electron chi connectivity index (χ1n) is 16.0. The fourth-order valence-corrected chi connectivity index (χ4v) is 5.59. The van der Waals surface area contributed by atoms with Crippen molar-refractivity contribution >= 4 is 28.6 Å². The van der Waals surface area contributed by atoms with E-state index < -0.39 is 0 Å². The second-order valence-electron chi connectivity index (χ2n) is 12.2. The molecule has 0 saturated carbocycles. The number of nitrogens with one attached hydrogen (secondary N) is 2. The van der Waals surface area contributed by atoms with Gasteiger partial charge in [0.05, 0.1) is 11.2 Å². The van der Waals surface area contributed by atoms with Gasteiger partial charge in [-0.15, -0.1) is 0 Å². The van der Waals surface area contributed by atoms with Crippen molar-refractivity contribution in [1.82, 2.24) is 25.3 Å². The van der Waals surface area contributed by atoms with Crippen molar-refractivity contribution in [2.45, 2.75) is 46.6 Å². The lowest BCUT2D eigenvalue weighted by atomic mass is 10.1. The quantitative estimate of drug-likeness (QED) is 0.188. The van der Waals surface area contributed by atoms with Gasteiger partial charge in [-0.05, 0) is 62.6 Å². The van der Waals surface area contributed by atoms with Crippen LogP contribution in [0.3, 0.4) is 0 Å². The summed E-state index contributed by atoms with van der Waals surface area (Å²) in [6, 6.07) is 20.5. The minimum atomic E-state index is -0.185. The topological polar surface area (TPSA) is 117 Å². The number of nitrogens with zero attached hydrogens (tertiary/aromatic N) is 3. The van der Waals surface area contributed by atoms with Gasteiger partial charge in [-0.2, -0.15) is 5.10 Å². The Balaban J connectivity index is 1.12. The first kappa shape index (κ1) is 32.5. The van der Waals surface area contributed by atoms with Crippen LogP contribution in [0.15, 0.2) is 66.7 Å². The number of hydrogen-bond donors (Lipinski definition) is 2. The fraction of sp³-hybridized carbons (Fsp3) is 0.389. The van der Waals surface area contributed by atoms with Crippen molar-refractivity contribution in [2.24, 2.45) is 5.92 Å². The lowest BCUT2D eigenvalue weighted by molar-refractivity contribution is -0.132. The molecule has 10 heteroatoms. The average molecular weight is 626 g/mol. The Morgan fingerprint density at radius 1 is 0.891 bits per heavy atom. The number of carbonyl (C=O) groups is 3. The lowest BCUT2D eigenvalue weighted by Crippen LogP contribution is -2.45. The summed E-state index contributed by atoms with van der Waals surface area (Å²) in [5.41, 5.74) is 3.81. The predicted molar refractivity (Wildman–Crippen MR) is 178 cm³/mol. The molecule has 242 valence electrons. The van der Waals surface area contributed by atoms with Gasteiger partial charge in [-0.3, -0.25) is 19.5 Å². The molecule has 0 unspecified atom stereocenters. The van der Waals surface area contributed by atoms with Crippen LogP contribution in [0.1, 0.15) is 61.3 Å². The van der Waals surface area contributed by atoms with Crippen molar-refractivity contribution in [1.29, 1.82) is 0 Å². The van der Waals surface area contributed by atoms with Gasteiger partial charge in [0.1, 0.15) is 13.2 Å². The normalized spacial score (nSPS) is 12.4. The summed E-state index contributed by atoms with van der Waals surface area (Å²) in [5.74, 6) is 1.19. The molecule has 1 aliphatic rings. The smallest absolute Gasteiger partial charge is 0.254 e. The van der Waals surface area contributed by atoms with E-state index >= 15 is 0 Å². The Morgan fingerprint density at radius 3 is 2.35 bits per heavy atom. The van der Waals surface area contributed by atoms with Crippen LogP contribution in [0, 0.1) is 5.92 Å². The average Bonchev–Trinajstić information content (AvgIpc) is 3.49. The highest BCUT2D eigenvalue weighted by atomic mass is 16.6. The molecule has 2 heterocycles. The zero-order valence-electron chi connectivity index (χ0n) is 27.0. The zero-order chi connectivity index (χ0) is 32.6. The Labute approximate surface area is 270 Å². The van der Waals surface area contributed by atoms with E-state index in [-0.39, 0.29) is 29.7 Å². The highest BCUT2D eigenvalue weighted by Crippen LogP contribution is 2.31. The first-order chi connectivity index (χ1) is 22.2. The van der Waals surface area contributed by atoms with Gasteiger partial charge in [0, 0.05) is 60.7 Å². The van der Waals surface area contributed by atoms with E-state index in [0.717, 1.165) is 22.2 Å². The van der Waals surface area contributed by atoms with E-state index in [0.29, 0.717) is 74.9 Å². The maximum absolute atomic E-state index is 13.5. The molecule has 0 fully saturated rings. The molecule has 0 aliphatic carbocycles. The third-order valence-corrected chi connectivity index (χ3v) is 7.97. The third kappa shape index (κ3) is 7.85. The number of aromatic amines is 1. The molecule has 3 aromatic carbocycles. The molecule has 0 radical (unpaired) electrons. The molecule has 46 heavy (non-hydrogen) atoms. The van der Waals surface area contributed by atoms with Gasteiger partial charge in [0.2, 0.25) is 5.91 Å². The minimum absolute atomic E-state index is 0.00835. The molecule has 3 amide bonds. The standard InChI is InChI=1S/C36H43N5O5/c1-24(2)23-40(18-19-41(25(3)4)36(44)28-15-16-31-32(22-28)46-21-20-45-31)33(42)10-7-17-37-35(43)27-13-11-26(12-14-27)34-29-8-5-6-9-30(29)38-39-34/h5-6,8-9,11-16,22,24-25H,7,10,17-21,23H2,1-4H3,(H,37,43)(H,38,39). The van der Waals surface area contributed by atoms with E-state index in [1.165, 1.54) is 0 Å². The molecule has 0 saturated heterocycles. The lowest BCUT2D eigenvalue weighted by Gasteiger charge is -2.32. The molecular formula is C36H43N5O5. The highest BCUT2D eigenvalue weighted by molar-refractivity contribution is 5.97. The fourth-order valence-electron chi connectivity index (χ4n) is 5.59. The number of fused-ring (bicyclic) bond motifs is 2. The Morgan fingerprint density at radius 2 is 1.61 bits per heavy atom. The molecule has 0 bridgehead atoms. The van der Waals surface area contributed by atoms with Crippen molar-refractivity contribution < 1.29 is 23.9 Å². The number of carbonyl (C=O) groups excluding carboxylic acids is 3. The van der Waals surface area contributed by atoms with Crippen LogP contribution in [-0.4, -0.2) is 83.2 Å². The Bertz CT molecular complexity index is 1660. The number of hydrogen-bond acceptors (Lipinski definition) is 6. The van der Waals surface area contributed by atoms with Crippen molar-refractivity contribution in [2.75, 3.05) is 39.4 Å². The SMILES string of the molecule is CC(C)CN(CCN(C(=O)c1ccc2c(c1)OCCO2)C(C)C)C(=O)CCCNC(=O)c1ccc(-c2n[nH]c3ccccc23)cc1. The molecular weight excluding hydrogens is 582 g/mol. The van der Waals surface area contributed by atoms with Crippen molar-refractivity contribution in [3.63, 3.8) is 0 Å². The number of ether oxygens (including phenoxy) is 2. The van der Waals surface area contributed by atoms with E-state index in [1.807, 2.05) is 55.1 Å².